The van der Waals surface area contributed by atoms with Crippen LogP contribution >= 0.6 is 0 Å². The van der Waals surface area contributed by atoms with Crippen molar-refractivity contribution in [1.82, 2.24) is 20.2 Å². The highest BCUT2D eigenvalue weighted by Gasteiger charge is 2.11. The van der Waals surface area contributed by atoms with Gasteiger partial charge in [0.2, 0.25) is 5.95 Å². The molecule has 7 heteroatoms. The van der Waals surface area contributed by atoms with E-state index in [0.29, 0.717) is 5.69 Å². The van der Waals surface area contributed by atoms with Crippen LogP contribution in [-0.2, 0) is 0 Å². The molecule has 110 valence electrons. The molecule has 0 bridgehead atoms. The number of rotatable bonds is 5. The van der Waals surface area contributed by atoms with Crippen LogP contribution in [0.15, 0.2) is 18.3 Å². The topological polar surface area (TPSA) is 92.7 Å². The lowest BCUT2D eigenvalue weighted by molar-refractivity contribution is 0.102. The second kappa shape index (κ2) is 6.74. The highest BCUT2D eigenvalue weighted by molar-refractivity contribution is 6.02. The Hall–Kier alpha value is -2.57. The largest absolute Gasteiger partial charge is 0.385 e. The van der Waals surface area contributed by atoms with Crippen molar-refractivity contribution in [1.29, 1.82) is 0 Å². The number of nitrogens with zero attached hydrogens (tertiary/aromatic N) is 4. The molecule has 2 aromatic rings. The Labute approximate surface area is 123 Å². The molecule has 2 rings (SSSR count). The molecule has 0 aliphatic carbocycles. The van der Waals surface area contributed by atoms with Crippen LogP contribution in [0, 0.1) is 13.8 Å². The minimum Gasteiger partial charge on any atom is -0.385 e. The number of pyridine rings is 1. The molecule has 0 unspecified atom stereocenters. The van der Waals surface area contributed by atoms with E-state index in [9.17, 15) is 4.79 Å². The van der Waals surface area contributed by atoms with Crippen LogP contribution in [0.3, 0.4) is 0 Å². The summed E-state index contributed by atoms with van der Waals surface area (Å²) >= 11 is 0. The average molecular weight is 286 g/mol. The van der Waals surface area contributed by atoms with Gasteiger partial charge in [-0.15, -0.1) is 5.10 Å². The van der Waals surface area contributed by atoms with E-state index < -0.39 is 0 Å². The number of hydrogen-bond donors (Lipinski definition) is 2. The molecule has 2 heterocycles. The first-order chi connectivity index (χ1) is 10.1. The van der Waals surface area contributed by atoms with Crippen molar-refractivity contribution < 1.29 is 4.79 Å². The number of carbonyl (C=O) groups excluding carboxylic acids is 1. The molecule has 0 aliphatic heterocycles. The Balaban J connectivity index is 2.10. The van der Waals surface area contributed by atoms with Crippen molar-refractivity contribution >= 4 is 17.5 Å². The standard InChI is InChI=1S/C14H18N6O/c1-4-6-15-11-5-7-16-12(8-11)13(21)18-14-17-9(2)10(3)19-20-14/h5,7-8H,4,6H2,1-3H3,(H,15,16)(H,17,18,20,21). The van der Waals surface area contributed by atoms with Crippen molar-refractivity contribution in [2.24, 2.45) is 0 Å². The van der Waals surface area contributed by atoms with E-state index in [1.165, 1.54) is 0 Å². The van der Waals surface area contributed by atoms with Gasteiger partial charge in [-0.3, -0.25) is 15.1 Å². The molecule has 1 amide bonds. The smallest absolute Gasteiger partial charge is 0.276 e. The molecule has 2 N–H and O–H groups in total. The summed E-state index contributed by atoms with van der Waals surface area (Å²) in [6, 6.07) is 3.51. The molecular weight excluding hydrogens is 268 g/mol. The zero-order valence-corrected chi connectivity index (χ0v) is 12.3. The maximum absolute atomic E-state index is 12.1. The fraction of sp³-hybridized carbons (Fsp3) is 0.357. The Morgan fingerprint density at radius 1 is 1.24 bits per heavy atom. The first-order valence-corrected chi connectivity index (χ1v) is 6.79. The quantitative estimate of drug-likeness (QED) is 0.872. The van der Waals surface area contributed by atoms with Gasteiger partial charge in [-0.1, -0.05) is 6.92 Å². The lowest BCUT2D eigenvalue weighted by Crippen LogP contribution is -2.17. The van der Waals surface area contributed by atoms with E-state index >= 15 is 0 Å². The number of carbonyl (C=O) groups is 1. The van der Waals surface area contributed by atoms with Crippen LogP contribution in [0.25, 0.3) is 0 Å². The van der Waals surface area contributed by atoms with Crippen molar-refractivity contribution in [3.63, 3.8) is 0 Å². The first-order valence-electron chi connectivity index (χ1n) is 6.79. The molecule has 21 heavy (non-hydrogen) atoms. The average Bonchev–Trinajstić information content (AvgIpc) is 2.49. The van der Waals surface area contributed by atoms with Gasteiger partial charge in [-0.2, -0.15) is 5.10 Å². The van der Waals surface area contributed by atoms with Crippen molar-refractivity contribution in [2.45, 2.75) is 27.2 Å². The van der Waals surface area contributed by atoms with Crippen LogP contribution in [-0.4, -0.2) is 32.6 Å². The summed E-state index contributed by atoms with van der Waals surface area (Å²) in [4.78, 5) is 20.3. The SMILES string of the molecule is CCCNc1ccnc(C(=O)Nc2nnc(C)c(C)n2)c1. The molecule has 0 saturated carbocycles. The lowest BCUT2D eigenvalue weighted by atomic mass is 10.3. The van der Waals surface area contributed by atoms with Crippen LogP contribution in [0.2, 0.25) is 0 Å². The van der Waals surface area contributed by atoms with E-state index in [-0.39, 0.29) is 11.9 Å². The molecule has 0 atom stereocenters. The third-order valence-electron chi connectivity index (χ3n) is 2.89. The van der Waals surface area contributed by atoms with Gasteiger partial charge in [-0.25, -0.2) is 4.98 Å². The summed E-state index contributed by atoms with van der Waals surface area (Å²) in [5.74, 6) is -0.183. The zero-order valence-electron chi connectivity index (χ0n) is 12.3. The van der Waals surface area contributed by atoms with Crippen LogP contribution in [0.1, 0.15) is 35.2 Å². The summed E-state index contributed by atoms with van der Waals surface area (Å²) in [6.45, 7) is 6.54. The molecule has 7 nitrogen and oxygen atoms in total. The number of hydrogen-bond acceptors (Lipinski definition) is 6. The predicted molar refractivity (Wildman–Crippen MR) is 80.3 cm³/mol. The Morgan fingerprint density at radius 3 is 2.76 bits per heavy atom. The molecule has 0 fully saturated rings. The number of amides is 1. The first kappa shape index (κ1) is 14.8. The molecule has 0 aromatic carbocycles. The fourth-order valence-electron chi connectivity index (χ4n) is 1.61. The maximum Gasteiger partial charge on any atom is 0.276 e. The monoisotopic (exact) mass is 286 g/mol. The maximum atomic E-state index is 12.1. The predicted octanol–water partition coefficient (Wildman–Crippen LogP) is 1.96. The van der Waals surface area contributed by atoms with Gasteiger partial charge in [0.05, 0.1) is 11.4 Å². The van der Waals surface area contributed by atoms with Gasteiger partial charge in [0.15, 0.2) is 0 Å². The highest BCUT2D eigenvalue weighted by Crippen LogP contribution is 2.10. The van der Waals surface area contributed by atoms with Gasteiger partial charge < -0.3 is 5.32 Å². The minimum atomic E-state index is -0.361. The van der Waals surface area contributed by atoms with Gasteiger partial charge in [0.25, 0.3) is 5.91 Å². The van der Waals surface area contributed by atoms with Gasteiger partial charge >= 0.3 is 0 Å². The molecule has 0 saturated heterocycles. The van der Waals surface area contributed by atoms with E-state index in [0.717, 1.165) is 30.0 Å². The Bertz CT molecular complexity index is 643. The van der Waals surface area contributed by atoms with Crippen molar-refractivity contribution in [2.75, 3.05) is 17.2 Å². The second-order valence-electron chi connectivity index (χ2n) is 4.62. The number of aromatic nitrogens is 4. The Kier molecular flexibility index (Phi) is 4.76. The third-order valence-corrected chi connectivity index (χ3v) is 2.89. The molecule has 0 radical (unpaired) electrons. The third kappa shape index (κ3) is 3.95. The van der Waals surface area contributed by atoms with E-state index in [4.69, 9.17) is 0 Å². The van der Waals surface area contributed by atoms with Gasteiger partial charge in [0.1, 0.15) is 5.69 Å². The fourth-order valence-corrected chi connectivity index (χ4v) is 1.61. The van der Waals surface area contributed by atoms with Crippen LogP contribution in [0.5, 0.6) is 0 Å². The summed E-state index contributed by atoms with van der Waals surface area (Å²) in [5, 5.41) is 13.6. The number of aryl methyl sites for hydroxylation is 2. The van der Waals surface area contributed by atoms with Crippen LogP contribution < -0.4 is 10.6 Å². The minimum absolute atomic E-state index is 0.178. The number of anilines is 2. The van der Waals surface area contributed by atoms with Gasteiger partial charge in [0, 0.05) is 18.4 Å². The molecule has 0 aliphatic rings. The molecular formula is C14H18N6O. The molecule has 2 aromatic heterocycles. The Morgan fingerprint density at radius 2 is 2.05 bits per heavy atom. The van der Waals surface area contributed by atoms with E-state index in [1.807, 2.05) is 19.9 Å². The van der Waals surface area contributed by atoms with Crippen molar-refractivity contribution in [3.8, 4) is 0 Å². The number of nitrogens with one attached hydrogen (secondary N) is 2. The summed E-state index contributed by atoms with van der Waals surface area (Å²) in [5.41, 5.74) is 2.62. The normalized spacial score (nSPS) is 10.2. The summed E-state index contributed by atoms with van der Waals surface area (Å²) < 4.78 is 0. The van der Waals surface area contributed by atoms with Gasteiger partial charge in [-0.05, 0) is 32.4 Å². The highest BCUT2D eigenvalue weighted by atomic mass is 16.2. The van der Waals surface area contributed by atoms with E-state index in [2.05, 4.69) is 37.7 Å². The second-order valence-corrected chi connectivity index (χ2v) is 4.62. The van der Waals surface area contributed by atoms with Crippen LogP contribution in [0.4, 0.5) is 11.6 Å². The lowest BCUT2D eigenvalue weighted by Gasteiger charge is -2.07. The summed E-state index contributed by atoms with van der Waals surface area (Å²) in [6.07, 6.45) is 2.60. The van der Waals surface area contributed by atoms with E-state index in [1.54, 1.807) is 12.3 Å². The summed E-state index contributed by atoms with van der Waals surface area (Å²) in [7, 11) is 0. The molecule has 0 spiro atoms. The zero-order chi connectivity index (χ0) is 15.2. The van der Waals surface area contributed by atoms with Crippen molar-refractivity contribution in [3.05, 3.63) is 35.4 Å².